The third-order valence-corrected chi connectivity index (χ3v) is 6.39. The number of carboxylic acid groups (broad SMARTS) is 1. The summed E-state index contributed by atoms with van der Waals surface area (Å²) in [5.74, 6) is -4.56. The zero-order valence-corrected chi connectivity index (χ0v) is 23.8. The van der Waals surface area contributed by atoms with Crippen LogP contribution in [0.4, 0.5) is 0 Å². The summed E-state index contributed by atoms with van der Waals surface area (Å²) in [4.78, 5) is 69.8. The van der Waals surface area contributed by atoms with Crippen LogP contribution >= 0.6 is 0 Å². The summed E-state index contributed by atoms with van der Waals surface area (Å²) in [6, 6.07) is 2.33. The Labute approximate surface area is 243 Å². The van der Waals surface area contributed by atoms with Crippen LogP contribution in [0.15, 0.2) is 35.5 Å². The summed E-state index contributed by atoms with van der Waals surface area (Å²) in [5.41, 5.74) is 23.4. The lowest BCUT2D eigenvalue weighted by atomic mass is 10.0. The van der Waals surface area contributed by atoms with E-state index in [4.69, 9.17) is 22.9 Å². The lowest BCUT2D eigenvalue weighted by molar-refractivity contribution is -0.142. The Morgan fingerprint density at radius 1 is 0.929 bits per heavy atom. The first-order valence-corrected chi connectivity index (χ1v) is 13.6. The van der Waals surface area contributed by atoms with E-state index < -0.39 is 60.2 Å². The zero-order chi connectivity index (χ0) is 31.4. The monoisotopic (exact) mass is 587 g/mol. The summed E-state index contributed by atoms with van der Waals surface area (Å²) < 4.78 is 0. The number of aliphatic carboxylic acids is 1. The van der Waals surface area contributed by atoms with Crippen molar-refractivity contribution >= 4 is 46.5 Å². The van der Waals surface area contributed by atoms with Crippen LogP contribution in [-0.4, -0.2) is 76.4 Å². The summed E-state index contributed by atoms with van der Waals surface area (Å²) in [6.45, 7) is 3.95. The highest BCUT2D eigenvalue weighted by molar-refractivity contribution is 5.96. The quantitative estimate of drug-likeness (QED) is 0.0594. The molecule has 0 saturated carbocycles. The minimum atomic E-state index is -1.51. The molecule has 42 heavy (non-hydrogen) atoms. The fourth-order valence-electron chi connectivity index (χ4n) is 4.34. The highest BCUT2D eigenvalue weighted by Crippen LogP contribution is 2.19. The van der Waals surface area contributed by atoms with Crippen molar-refractivity contribution < 1.29 is 29.1 Å². The maximum atomic E-state index is 13.3. The van der Waals surface area contributed by atoms with Crippen molar-refractivity contribution in [3.63, 3.8) is 0 Å². The molecule has 15 nitrogen and oxygen atoms in total. The molecule has 0 aliphatic rings. The summed E-state index contributed by atoms with van der Waals surface area (Å²) in [6.07, 6.45) is 1.70. The fraction of sp³-hybridized carbons (Fsp3) is 0.481. The van der Waals surface area contributed by atoms with E-state index >= 15 is 0 Å². The van der Waals surface area contributed by atoms with Crippen LogP contribution in [0.2, 0.25) is 0 Å². The maximum absolute atomic E-state index is 13.3. The number of carbonyl (C=O) groups is 5. The van der Waals surface area contributed by atoms with Gasteiger partial charge < -0.3 is 49.0 Å². The number of rotatable bonds is 17. The van der Waals surface area contributed by atoms with Crippen LogP contribution in [0.25, 0.3) is 10.9 Å². The number of guanidine groups is 1. The SMILES string of the molecule is CC(C)CC(N)C(=O)NC(CCCN=C(N)N)C(=O)NC(CC(N)=O)C(=O)NC(Cc1c[nH]c2ccccc12)C(=O)O. The first-order valence-electron chi connectivity index (χ1n) is 13.6. The number of carboxylic acids is 1. The number of hydrogen-bond acceptors (Lipinski definition) is 7. The van der Waals surface area contributed by atoms with Gasteiger partial charge in [-0.1, -0.05) is 32.0 Å². The number of aromatic nitrogens is 1. The van der Waals surface area contributed by atoms with Gasteiger partial charge in [-0.15, -0.1) is 0 Å². The zero-order valence-electron chi connectivity index (χ0n) is 23.8. The van der Waals surface area contributed by atoms with Gasteiger partial charge in [-0.25, -0.2) is 4.79 Å². The van der Waals surface area contributed by atoms with Gasteiger partial charge in [0.15, 0.2) is 5.96 Å². The number of nitrogens with two attached hydrogens (primary N) is 4. The van der Waals surface area contributed by atoms with E-state index in [-0.39, 0.29) is 37.7 Å². The van der Waals surface area contributed by atoms with Gasteiger partial charge in [0.05, 0.1) is 12.5 Å². The van der Waals surface area contributed by atoms with Crippen LogP contribution in [0.3, 0.4) is 0 Å². The minimum absolute atomic E-state index is 0.0699. The molecule has 2 rings (SSSR count). The Bertz CT molecular complexity index is 1290. The van der Waals surface area contributed by atoms with Crippen molar-refractivity contribution in [3.8, 4) is 0 Å². The third kappa shape index (κ3) is 10.7. The second-order valence-electron chi connectivity index (χ2n) is 10.4. The minimum Gasteiger partial charge on any atom is -0.480 e. The average Bonchev–Trinajstić information content (AvgIpc) is 3.31. The number of amides is 4. The number of benzene rings is 1. The van der Waals surface area contributed by atoms with Crippen LogP contribution in [0.1, 0.15) is 45.1 Å². The number of para-hydroxylation sites is 1. The lowest BCUT2D eigenvalue weighted by Gasteiger charge is -2.25. The summed E-state index contributed by atoms with van der Waals surface area (Å²) >= 11 is 0. The molecule has 0 aliphatic heterocycles. The van der Waals surface area contributed by atoms with Crippen molar-refractivity contribution in [1.82, 2.24) is 20.9 Å². The molecule has 4 amide bonds. The fourth-order valence-corrected chi connectivity index (χ4v) is 4.34. The van der Waals surface area contributed by atoms with Gasteiger partial charge in [0.25, 0.3) is 0 Å². The molecule has 1 aromatic carbocycles. The molecule has 0 spiro atoms. The van der Waals surface area contributed by atoms with Crippen LogP contribution in [-0.2, 0) is 30.4 Å². The van der Waals surface area contributed by atoms with Crippen LogP contribution in [0, 0.1) is 5.92 Å². The van der Waals surface area contributed by atoms with Gasteiger partial charge in [0.1, 0.15) is 18.1 Å². The maximum Gasteiger partial charge on any atom is 0.326 e. The number of hydrogen-bond donors (Lipinski definition) is 9. The smallest absolute Gasteiger partial charge is 0.326 e. The molecule has 4 atom stereocenters. The van der Waals surface area contributed by atoms with E-state index in [9.17, 15) is 29.1 Å². The van der Waals surface area contributed by atoms with Crippen molar-refractivity contribution in [2.24, 2.45) is 33.8 Å². The predicted molar refractivity (Wildman–Crippen MR) is 157 cm³/mol. The predicted octanol–water partition coefficient (Wildman–Crippen LogP) is -1.45. The van der Waals surface area contributed by atoms with Crippen LogP contribution in [0.5, 0.6) is 0 Å². The lowest BCUT2D eigenvalue weighted by Crippen LogP contribution is -2.58. The molecule has 0 saturated heterocycles. The van der Waals surface area contributed by atoms with Crippen molar-refractivity contribution in [3.05, 3.63) is 36.0 Å². The molecule has 0 fully saturated rings. The van der Waals surface area contributed by atoms with E-state index in [0.29, 0.717) is 12.0 Å². The molecule has 4 unspecified atom stereocenters. The standard InChI is InChI=1S/C27H41N9O6/c1-14(2)10-17(28)23(38)34-19(8-5-9-32-27(30)31)24(39)35-20(12-22(29)37)25(40)36-21(26(41)42)11-15-13-33-18-7-4-3-6-16(15)18/h3-4,6-7,13-14,17,19-21,33H,5,8-12,28H2,1-2H3,(H2,29,37)(H,34,38)(H,35,39)(H,36,40)(H,41,42)(H4,30,31,32). The van der Waals surface area contributed by atoms with E-state index in [2.05, 4.69) is 25.9 Å². The Hall–Kier alpha value is -4.66. The second-order valence-corrected chi connectivity index (χ2v) is 10.4. The molecular formula is C27H41N9O6. The van der Waals surface area contributed by atoms with Gasteiger partial charge in [0, 0.05) is 30.1 Å². The van der Waals surface area contributed by atoms with Crippen LogP contribution < -0.4 is 38.9 Å². The first kappa shape index (κ1) is 33.5. The summed E-state index contributed by atoms with van der Waals surface area (Å²) in [5, 5.41) is 18.0. The highest BCUT2D eigenvalue weighted by atomic mass is 16.4. The van der Waals surface area contributed by atoms with Crippen molar-refractivity contribution in [2.45, 2.75) is 70.1 Å². The highest BCUT2D eigenvalue weighted by Gasteiger charge is 2.31. The second kappa shape index (κ2) is 16.0. The van der Waals surface area contributed by atoms with Crippen molar-refractivity contribution in [2.75, 3.05) is 6.54 Å². The topological polar surface area (TPSA) is 274 Å². The van der Waals surface area contributed by atoms with E-state index in [1.54, 1.807) is 12.3 Å². The molecule has 1 heterocycles. The number of nitrogens with one attached hydrogen (secondary N) is 4. The number of primary amides is 1. The Morgan fingerprint density at radius 3 is 2.17 bits per heavy atom. The molecule has 2 aromatic rings. The number of aliphatic imine (C=N–C) groups is 1. The third-order valence-electron chi connectivity index (χ3n) is 6.39. The van der Waals surface area contributed by atoms with Crippen molar-refractivity contribution in [1.29, 1.82) is 0 Å². The van der Waals surface area contributed by atoms with E-state index in [1.807, 2.05) is 32.0 Å². The normalized spacial score (nSPS) is 13.9. The molecule has 0 bridgehead atoms. The summed E-state index contributed by atoms with van der Waals surface area (Å²) in [7, 11) is 0. The van der Waals surface area contributed by atoms with Gasteiger partial charge in [-0.3, -0.25) is 24.2 Å². The Kier molecular flexibility index (Phi) is 12.7. The van der Waals surface area contributed by atoms with Gasteiger partial charge in [-0.2, -0.15) is 0 Å². The Balaban J connectivity index is 2.20. The number of nitrogens with zero attached hydrogens (tertiary/aromatic N) is 1. The number of H-pyrrole nitrogens is 1. The largest absolute Gasteiger partial charge is 0.480 e. The first-order chi connectivity index (χ1) is 19.8. The van der Waals surface area contributed by atoms with Gasteiger partial charge in [-0.05, 0) is 36.8 Å². The Morgan fingerprint density at radius 2 is 1.55 bits per heavy atom. The number of aromatic amines is 1. The van der Waals surface area contributed by atoms with Gasteiger partial charge in [0.2, 0.25) is 23.6 Å². The number of carbonyl (C=O) groups excluding carboxylic acids is 4. The molecule has 1 aromatic heterocycles. The molecule has 0 aliphatic carbocycles. The number of fused-ring (bicyclic) bond motifs is 1. The van der Waals surface area contributed by atoms with E-state index in [1.165, 1.54) is 0 Å². The molecule has 15 heteroatoms. The molecule has 13 N–H and O–H groups in total. The van der Waals surface area contributed by atoms with E-state index in [0.717, 1.165) is 10.9 Å². The molecule has 0 radical (unpaired) electrons. The molecule has 230 valence electrons. The van der Waals surface area contributed by atoms with Gasteiger partial charge >= 0.3 is 5.97 Å². The average molecular weight is 588 g/mol. The molecular weight excluding hydrogens is 546 g/mol.